The van der Waals surface area contributed by atoms with E-state index < -0.39 is 0 Å². The second-order valence-corrected chi connectivity index (χ2v) is 8.18. The average molecular weight is 402 g/mol. The molecule has 1 aliphatic rings. The minimum absolute atomic E-state index is 0.0643. The molecule has 1 aromatic heterocycles. The number of nitrogens with zero attached hydrogens (tertiary/aromatic N) is 2. The molecule has 5 nitrogen and oxygen atoms in total. The molecular formula is C22H31N3O2S. The van der Waals surface area contributed by atoms with Crippen molar-refractivity contribution in [3.63, 3.8) is 0 Å². The zero-order chi connectivity index (χ0) is 19.6. The van der Waals surface area contributed by atoms with E-state index in [1.165, 1.54) is 24.8 Å². The molecule has 2 aromatic rings. The average Bonchev–Trinajstić information content (AvgIpc) is 3.17. The van der Waals surface area contributed by atoms with Crippen molar-refractivity contribution in [1.29, 1.82) is 0 Å². The second-order valence-electron chi connectivity index (χ2n) is 7.32. The third kappa shape index (κ3) is 6.69. The van der Waals surface area contributed by atoms with Crippen LogP contribution in [-0.2, 0) is 22.5 Å². The quantitative estimate of drug-likeness (QED) is 0.614. The van der Waals surface area contributed by atoms with Gasteiger partial charge in [0.05, 0.1) is 25.3 Å². The number of hydrogen-bond donors (Lipinski definition) is 1. The van der Waals surface area contributed by atoms with E-state index in [4.69, 9.17) is 9.72 Å². The van der Waals surface area contributed by atoms with Crippen LogP contribution in [0.15, 0.2) is 29.6 Å². The number of nitrogens with one attached hydrogen (secondary N) is 1. The summed E-state index contributed by atoms with van der Waals surface area (Å²) in [6, 6.07) is 8.57. The first-order valence-corrected chi connectivity index (χ1v) is 11.2. The first kappa shape index (κ1) is 21.0. The highest BCUT2D eigenvalue weighted by Gasteiger charge is 2.12. The van der Waals surface area contributed by atoms with E-state index in [0.29, 0.717) is 6.42 Å². The second kappa shape index (κ2) is 11.3. The lowest BCUT2D eigenvalue weighted by Gasteiger charge is -2.26. The van der Waals surface area contributed by atoms with Crippen molar-refractivity contribution in [3.8, 4) is 10.6 Å². The molecule has 1 saturated heterocycles. The lowest BCUT2D eigenvalue weighted by Crippen LogP contribution is -2.35. The van der Waals surface area contributed by atoms with Gasteiger partial charge in [0.25, 0.3) is 0 Å². The Morgan fingerprint density at radius 2 is 2.11 bits per heavy atom. The maximum absolute atomic E-state index is 12.1. The standard InChI is InChI=1S/C22H31N3O2S/c1-2-3-4-5-9-23-21(26)15-20-17-28-22(24-20)19-8-6-7-18(14-19)16-25-10-12-27-13-11-25/h6-8,14,17H,2-5,9-13,15-16H2,1H3,(H,23,26). The Hall–Kier alpha value is -1.76. The smallest absolute Gasteiger partial charge is 0.226 e. The molecule has 152 valence electrons. The van der Waals surface area contributed by atoms with E-state index in [9.17, 15) is 4.79 Å². The largest absolute Gasteiger partial charge is 0.379 e. The molecule has 1 aliphatic heterocycles. The molecule has 0 unspecified atom stereocenters. The predicted octanol–water partition coefficient (Wildman–Crippen LogP) is 3.88. The number of ether oxygens (including phenoxy) is 1. The van der Waals surface area contributed by atoms with Gasteiger partial charge in [-0.1, -0.05) is 44.4 Å². The van der Waals surface area contributed by atoms with Gasteiger partial charge in [-0.25, -0.2) is 4.98 Å². The number of benzene rings is 1. The molecule has 2 heterocycles. The van der Waals surface area contributed by atoms with E-state index in [1.807, 2.05) is 5.38 Å². The van der Waals surface area contributed by atoms with Crippen LogP contribution >= 0.6 is 11.3 Å². The highest BCUT2D eigenvalue weighted by atomic mass is 32.1. The summed E-state index contributed by atoms with van der Waals surface area (Å²) in [7, 11) is 0. The fraction of sp³-hybridized carbons (Fsp3) is 0.545. The predicted molar refractivity (Wildman–Crippen MR) is 115 cm³/mol. The van der Waals surface area contributed by atoms with Crippen LogP contribution in [0.4, 0.5) is 0 Å². The van der Waals surface area contributed by atoms with Gasteiger partial charge in [-0.2, -0.15) is 0 Å². The molecule has 3 rings (SSSR count). The van der Waals surface area contributed by atoms with Crippen molar-refractivity contribution in [2.45, 2.75) is 45.6 Å². The first-order valence-electron chi connectivity index (χ1n) is 10.3. The molecule has 1 amide bonds. The molecule has 0 radical (unpaired) electrons. The third-order valence-corrected chi connectivity index (χ3v) is 5.87. The molecule has 0 bridgehead atoms. The van der Waals surface area contributed by atoms with Gasteiger partial charge < -0.3 is 10.1 Å². The van der Waals surface area contributed by atoms with E-state index in [-0.39, 0.29) is 5.91 Å². The summed E-state index contributed by atoms with van der Waals surface area (Å²) in [6.45, 7) is 7.50. The van der Waals surface area contributed by atoms with Crippen LogP contribution in [0.3, 0.4) is 0 Å². The zero-order valence-corrected chi connectivity index (χ0v) is 17.6. The Kier molecular flexibility index (Phi) is 8.45. The monoisotopic (exact) mass is 401 g/mol. The van der Waals surface area contributed by atoms with Crippen molar-refractivity contribution in [2.24, 2.45) is 0 Å². The Balaban J connectivity index is 1.51. The number of aromatic nitrogens is 1. The zero-order valence-electron chi connectivity index (χ0n) is 16.8. The van der Waals surface area contributed by atoms with Gasteiger partial charge in [-0.15, -0.1) is 11.3 Å². The van der Waals surface area contributed by atoms with Crippen molar-refractivity contribution >= 4 is 17.2 Å². The molecule has 1 fully saturated rings. The molecule has 28 heavy (non-hydrogen) atoms. The van der Waals surface area contributed by atoms with Crippen LogP contribution in [0, 0.1) is 0 Å². The van der Waals surface area contributed by atoms with E-state index in [0.717, 1.165) is 62.1 Å². The molecule has 1 N–H and O–H groups in total. The molecule has 6 heteroatoms. The number of hydrogen-bond acceptors (Lipinski definition) is 5. The van der Waals surface area contributed by atoms with Gasteiger partial charge in [-0.3, -0.25) is 9.69 Å². The maximum atomic E-state index is 12.1. The van der Waals surface area contributed by atoms with Gasteiger partial charge in [0.15, 0.2) is 0 Å². The molecule has 0 atom stereocenters. The molecule has 0 aliphatic carbocycles. The fourth-order valence-electron chi connectivity index (χ4n) is 3.35. The van der Waals surface area contributed by atoms with Crippen LogP contribution in [0.2, 0.25) is 0 Å². The topological polar surface area (TPSA) is 54.5 Å². The first-order chi connectivity index (χ1) is 13.7. The number of thiazole rings is 1. The molecule has 0 spiro atoms. The summed E-state index contributed by atoms with van der Waals surface area (Å²) >= 11 is 1.61. The lowest BCUT2D eigenvalue weighted by atomic mass is 10.1. The van der Waals surface area contributed by atoms with E-state index >= 15 is 0 Å². The van der Waals surface area contributed by atoms with Crippen LogP contribution in [-0.4, -0.2) is 48.6 Å². The normalized spacial score (nSPS) is 14.9. The summed E-state index contributed by atoms with van der Waals surface area (Å²) in [5.74, 6) is 0.0643. The number of amides is 1. The maximum Gasteiger partial charge on any atom is 0.226 e. The Morgan fingerprint density at radius 1 is 1.25 bits per heavy atom. The summed E-state index contributed by atoms with van der Waals surface area (Å²) in [6.07, 6.45) is 5.03. The van der Waals surface area contributed by atoms with Crippen LogP contribution in [0.5, 0.6) is 0 Å². The number of rotatable bonds is 10. The van der Waals surface area contributed by atoms with E-state index in [1.54, 1.807) is 11.3 Å². The van der Waals surface area contributed by atoms with E-state index in [2.05, 4.69) is 41.4 Å². The Bertz CT molecular complexity index is 741. The minimum atomic E-state index is 0.0643. The number of carbonyl (C=O) groups is 1. The van der Waals surface area contributed by atoms with Crippen LogP contribution in [0.25, 0.3) is 10.6 Å². The van der Waals surface area contributed by atoms with Gasteiger partial charge in [0.2, 0.25) is 5.91 Å². The highest BCUT2D eigenvalue weighted by molar-refractivity contribution is 7.13. The van der Waals surface area contributed by atoms with Gasteiger partial charge in [0, 0.05) is 37.1 Å². The van der Waals surface area contributed by atoms with Gasteiger partial charge in [-0.05, 0) is 18.1 Å². The number of carbonyl (C=O) groups excluding carboxylic acids is 1. The lowest BCUT2D eigenvalue weighted by molar-refractivity contribution is -0.120. The van der Waals surface area contributed by atoms with Crippen molar-refractivity contribution < 1.29 is 9.53 Å². The SMILES string of the molecule is CCCCCCNC(=O)Cc1csc(-c2cccc(CN3CCOCC3)c2)n1. The third-order valence-electron chi connectivity index (χ3n) is 4.93. The van der Waals surface area contributed by atoms with Gasteiger partial charge in [0.1, 0.15) is 5.01 Å². The minimum Gasteiger partial charge on any atom is -0.379 e. The van der Waals surface area contributed by atoms with Crippen LogP contribution < -0.4 is 5.32 Å². The summed E-state index contributed by atoms with van der Waals surface area (Å²) < 4.78 is 5.42. The van der Waals surface area contributed by atoms with Crippen LogP contribution in [0.1, 0.15) is 43.9 Å². The Labute approximate surface area is 172 Å². The van der Waals surface area contributed by atoms with Crippen molar-refractivity contribution in [2.75, 3.05) is 32.8 Å². The molecule has 1 aromatic carbocycles. The molecule has 0 saturated carbocycles. The number of unbranched alkanes of at least 4 members (excludes halogenated alkanes) is 3. The fourth-order valence-corrected chi connectivity index (χ4v) is 4.16. The Morgan fingerprint density at radius 3 is 2.93 bits per heavy atom. The highest BCUT2D eigenvalue weighted by Crippen LogP contribution is 2.25. The summed E-state index contributed by atoms with van der Waals surface area (Å²) in [5, 5.41) is 5.99. The van der Waals surface area contributed by atoms with Crippen molar-refractivity contribution in [1.82, 2.24) is 15.2 Å². The van der Waals surface area contributed by atoms with Gasteiger partial charge >= 0.3 is 0 Å². The summed E-state index contributed by atoms with van der Waals surface area (Å²) in [5.41, 5.74) is 3.27. The molecular weight excluding hydrogens is 370 g/mol. The van der Waals surface area contributed by atoms with Crippen molar-refractivity contribution in [3.05, 3.63) is 40.9 Å². The summed E-state index contributed by atoms with van der Waals surface area (Å²) in [4.78, 5) is 19.2. The number of morpholine rings is 1.